The molecule has 2 N–H and O–H groups in total. The highest BCUT2D eigenvalue weighted by Gasteiger charge is 2.29. The van der Waals surface area contributed by atoms with Gasteiger partial charge >= 0.3 is 0 Å². The van der Waals surface area contributed by atoms with Crippen LogP contribution in [0.3, 0.4) is 0 Å². The lowest BCUT2D eigenvalue weighted by molar-refractivity contribution is 0.540. The van der Waals surface area contributed by atoms with Crippen LogP contribution in [0.5, 0.6) is 0 Å². The molecule has 1 saturated heterocycles. The summed E-state index contributed by atoms with van der Waals surface area (Å²) in [6.45, 7) is 6.62. The molecular weight excluding hydrogens is 278 g/mol. The van der Waals surface area contributed by atoms with E-state index in [1.165, 1.54) is 12.1 Å². The molecular formula is C15H22F2N2S. The fourth-order valence-electron chi connectivity index (χ4n) is 2.63. The molecule has 0 aliphatic carbocycles. The summed E-state index contributed by atoms with van der Waals surface area (Å²) in [6, 6.07) is 2.85. The minimum Gasteiger partial charge on any atom is -0.362 e. The monoisotopic (exact) mass is 300 g/mol. The quantitative estimate of drug-likeness (QED) is 0.929. The van der Waals surface area contributed by atoms with E-state index < -0.39 is 11.6 Å². The Morgan fingerprint density at radius 2 is 1.95 bits per heavy atom. The largest absolute Gasteiger partial charge is 0.362 e. The molecule has 20 heavy (non-hydrogen) atoms. The summed E-state index contributed by atoms with van der Waals surface area (Å²) in [4.78, 5) is 1.85. The lowest BCUT2D eigenvalue weighted by Crippen LogP contribution is -2.45. The van der Waals surface area contributed by atoms with Crippen molar-refractivity contribution in [2.75, 3.05) is 17.2 Å². The number of hydrogen-bond acceptors (Lipinski definition) is 3. The second kappa shape index (κ2) is 6.31. The van der Waals surface area contributed by atoms with Gasteiger partial charge in [0.05, 0.1) is 0 Å². The van der Waals surface area contributed by atoms with Crippen LogP contribution in [0.25, 0.3) is 0 Å². The van der Waals surface area contributed by atoms with Crippen LogP contribution in [0.4, 0.5) is 14.5 Å². The number of nitrogens with two attached hydrogens (primary N) is 1. The Labute approximate surface area is 123 Å². The van der Waals surface area contributed by atoms with Crippen LogP contribution in [-0.4, -0.2) is 29.6 Å². The lowest BCUT2D eigenvalue weighted by Gasteiger charge is -2.39. The number of hydrogen-bond donors (Lipinski definition) is 1. The maximum atomic E-state index is 14.3. The van der Waals surface area contributed by atoms with E-state index in [-0.39, 0.29) is 17.8 Å². The maximum Gasteiger partial charge on any atom is 0.149 e. The van der Waals surface area contributed by atoms with Crippen molar-refractivity contribution in [1.82, 2.24) is 0 Å². The molecule has 112 valence electrons. The van der Waals surface area contributed by atoms with E-state index in [1.54, 1.807) is 0 Å². The molecule has 0 aromatic heterocycles. The fourth-order valence-corrected chi connectivity index (χ4v) is 3.73. The van der Waals surface area contributed by atoms with E-state index in [2.05, 4.69) is 6.92 Å². The van der Waals surface area contributed by atoms with Gasteiger partial charge in [-0.1, -0.05) is 6.92 Å². The van der Waals surface area contributed by atoms with Crippen molar-refractivity contribution < 1.29 is 8.78 Å². The summed E-state index contributed by atoms with van der Waals surface area (Å²) in [6.07, 6.45) is 0.482. The summed E-state index contributed by atoms with van der Waals surface area (Å²) in [7, 11) is 0. The molecule has 1 fully saturated rings. The van der Waals surface area contributed by atoms with Crippen molar-refractivity contribution in [1.29, 1.82) is 0 Å². The second-order valence-electron chi connectivity index (χ2n) is 5.60. The van der Waals surface area contributed by atoms with E-state index in [0.29, 0.717) is 23.8 Å². The fraction of sp³-hybridized carbons (Fsp3) is 0.600. The zero-order valence-electron chi connectivity index (χ0n) is 12.2. The molecule has 0 radical (unpaired) electrons. The summed E-state index contributed by atoms with van der Waals surface area (Å²) in [5.74, 6) is -0.0652. The normalized spacial score (nSPS) is 24.8. The zero-order chi connectivity index (χ0) is 14.9. The smallest absolute Gasteiger partial charge is 0.149 e. The van der Waals surface area contributed by atoms with Gasteiger partial charge < -0.3 is 10.6 Å². The minimum atomic E-state index is -0.480. The van der Waals surface area contributed by atoms with Gasteiger partial charge in [-0.2, -0.15) is 11.8 Å². The molecule has 3 atom stereocenters. The van der Waals surface area contributed by atoms with Crippen LogP contribution in [0.1, 0.15) is 26.3 Å². The number of anilines is 1. The van der Waals surface area contributed by atoms with Crippen LogP contribution in [0, 0.1) is 11.6 Å². The predicted octanol–water partition coefficient (Wildman–Crippen LogP) is 3.18. The van der Waals surface area contributed by atoms with E-state index in [4.69, 9.17) is 5.73 Å². The number of benzene rings is 1. The van der Waals surface area contributed by atoms with Gasteiger partial charge in [-0.15, -0.1) is 0 Å². The molecule has 1 aromatic rings. The first-order valence-electron chi connectivity index (χ1n) is 7.02. The Kier molecular flexibility index (Phi) is 4.91. The van der Waals surface area contributed by atoms with Crippen LogP contribution < -0.4 is 10.6 Å². The molecule has 0 spiro atoms. The highest BCUT2D eigenvalue weighted by Crippen LogP contribution is 2.33. The topological polar surface area (TPSA) is 29.3 Å². The number of rotatable bonds is 3. The maximum absolute atomic E-state index is 14.3. The van der Waals surface area contributed by atoms with Gasteiger partial charge in [0, 0.05) is 29.6 Å². The van der Waals surface area contributed by atoms with Gasteiger partial charge in [0.2, 0.25) is 0 Å². The average molecular weight is 300 g/mol. The number of thioether (sulfide) groups is 1. The van der Waals surface area contributed by atoms with Crippen molar-refractivity contribution in [2.24, 2.45) is 5.73 Å². The Bertz CT molecular complexity index is 456. The summed E-state index contributed by atoms with van der Waals surface area (Å²) in [5, 5.41) is 0.367. The van der Waals surface area contributed by atoms with Crippen molar-refractivity contribution in [3.63, 3.8) is 0 Å². The molecule has 2 nitrogen and oxygen atoms in total. The molecule has 1 aromatic carbocycles. The SMILES string of the molecule is CC(N)Cc1cc(F)c(N2CCSC(C)C2C)c(F)c1. The van der Waals surface area contributed by atoms with Crippen LogP contribution in [0.15, 0.2) is 12.1 Å². The van der Waals surface area contributed by atoms with Gasteiger partial charge in [0.1, 0.15) is 17.3 Å². The molecule has 2 rings (SSSR count). The number of nitrogens with zero attached hydrogens (tertiary/aromatic N) is 1. The third-order valence-electron chi connectivity index (χ3n) is 3.81. The molecule has 5 heteroatoms. The van der Waals surface area contributed by atoms with E-state index in [0.717, 1.165) is 5.75 Å². The Hall–Kier alpha value is -0.810. The Balaban J connectivity index is 2.32. The Morgan fingerprint density at radius 3 is 2.50 bits per heavy atom. The first kappa shape index (κ1) is 15.6. The molecule has 1 aliphatic rings. The van der Waals surface area contributed by atoms with E-state index in [9.17, 15) is 8.78 Å². The Morgan fingerprint density at radius 1 is 1.35 bits per heavy atom. The molecule has 0 bridgehead atoms. The highest BCUT2D eigenvalue weighted by molar-refractivity contribution is 8.00. The third-order valence-corrected chi connectivity index (χ3v) is 5.14. The van der Waals surface area contributed by atoms with Crippen LogP contribution >= 0.6 is 11.8 Å². The van der Waals surface area contributed by atoms with Crippen LogP contribution in [0.2, 0.25) is 0 Å². The first-order chi connectivity index (χ1) is 9.40. The van der Waals surface area contributed by atoms with Gasteiger partial charge in [0.15, 0.2) is 0 Å². The van der Waals surface area contributed by atoms with Gasteiger partial charge in [0.25, 0.3) is 0 Å². The van der Waals surface area contributed by atoms with Gasteiger partial charge in [-0.25, -0.2) is 8.78 Å². The highest BCUT2D eigenvalue weighted by atomic mass is 32.2. The summed E-state index contributed by atoms with van der Waals surface area (Å²) < 4.78 is 28.6. The predicted molar refractivity (Wildman–Crippen MR) is 82.4 cm³/mol. The molecule has 0 saturated carbocycles. The first-order valence-corrected chi connectivity index (χ1v) is 8.06. The van der Waals surface area contributed by atoms with Crippen molar-refractivity contribution in [3.8, 4) is 0 Å². The lowest BCUT2D eigenvalue weighted by atomic mass is 10.0. The van der Waals surface area contributed by atoms with Crippen LogP contribution in [-0.2, 0) is 6.42 Å². The molecule has 3 unspecified atom stereocenters. The second-order valence-corrected chi connectivity index (χ2v) is 7.08. The average Bonchev–Trinajstić information content (AvgIpc) is 2.32. The summed E-state index contributed by atoms with van der Waals surface area (Å²) in [5.41, 5.74) is 6.41. The van der Waals surface area contributed by atoms with Gasteiger partial charge in [-0.3, -0.25) is 0 Å². The molecule has 1 aliphatic heterocycles. The molecule has 0 amide bonds. The van der Waals surface area contributed by atoms with Crippen molar-refractivity contribution in [2.45, 2.75) is 44.5 Å². The van der Waals surface area contributed by atoms with Gasteiger partial charge in [-0.05, 0) is 38.0 Å². The standard InChI is InChI=1S/C15H22F2N2S/c1-9(18)6-12-7-13(16)15(14(17)8-12)19-4-5-20-11(3)10(19)2/h7-11H,4-6,18H2,1-3H3. The minimum absolute atomic E-state index is 0.106. The summed E-state index contributed by atoms with van der Waals surface area (Å²) >= 11 is 1.84. The van der Waals surface area contributed by atoms with Crippen molar-refractivity contribution in [3.05, 3.63) is 29.3 Å². The van der Waals surface area contributed by atoms with Crippen molar-refractivity contribution >= 4 is 17.4 Å². The zero-order valence-corrected chi connectivity index (χ0v) is 13.0. The van der Waals surface area contributed by atoms with E-state index in [1.807, 2.05) is 30.5 Å². The number of halogens is 2. The third kappa shape index (κ3) is 3.26. The van der Waals surface area contributed by atoms with E-state index >= 15 is 0 Å². The molecule has 1 heterocycles.